The molecule has 0 saturated carbocycles. The lowest BCUT2D eigenvalue weighted by Gasteiger charge is -2.19. The second-order valence-corrected chi connectivity index (χ2v) is 4.87. The molecule has 7 heteroatoms. The van der Waals surface area contributed by atoms with E-state index < -0.39 is 0 Å². The minimum atomic E-state index is -0.124. The quantitative estimate of drug-likeness (QED) is 0.745. The van der Waals surface area contributed by atoms with E-state index in [2.05, 4.69) is 22.3 Å². The first kappa shape index (κ1) is 21.3. The summed E-state index contributed by atoms with van der Waals surface area (Å²) in [7, 11) is 2.04. The highest BCUT2D eigenvalue weighted by Crippen LogP contribution is 2.11. The van der Waals surface area contributed by atoms with Crippen LogP contribution in [0.1, 0.15) is 22.5 Å². The van der Waals surface area contributed by atoms with Gasteiger partial charge in [-0.1, -0.05) is 18.2 Å². The first-order valence-electron chi connectivity index (χ1n) is 7.02. The largest absolute Gasteiger partial charge is 0.467 e. The molecule has 1 aromatic heterocycles. The first-order valence-corrected chi connectivity index (χ1v) is 7.02. The molecule has 0 spiro atoms. The minimum absolute atomic E-state index is 0. The Bertz CT molecular complexity index is 576. The van der Waals surface area contributed by atoms with E-state index in [-0.39, 0.29) is 30.7 Å². The zero-order chi connectivity index (χ0) is 15.1. The molecule has 2 rings (SSSR count). The topological polar surface area (TPSA) is 71.5 Å². The van der Waals surface area contributed by atoms with Crippen LogP contribution in [0, 0.1) is 0 Å². The van der Waals surface area contributed by atoms with Crippen LogP contribution in [-0.4, -0.2) is 26.0 Å². The van der Waals surface area contributed by atoms with Crippen LogP contribution in [0.3, 0.4) is 0 Å². The molecule has 128 valence electrons. The van der Waals surface area contributed by atoms with E-state index in [1.807, 2.05) is 25.2 Å². The van der Waals surface area contributed by atoms with E-state index in [1.54, 1.807) is 6.07 Å². The SMILES string of the molecule is CN(CCCNC(=O)c1coc(CN)c1)c1ccccc1.Cl.Cl. The van der Waals surface area contributed by atoms with Crippen molar-refractivity contribution in [2.24, 2.45) is 5.73 Å². The summed E-state index contributed by atoms with van der Waals surface area (Å²) in [4.78, 5) is 14.0. The normalized spacial score (nSPS) is 9.48. The van der Waals surface area contributed by atoms with Crippen LogP contribution in [0.15, 0.2) is 47.1 Å². The Balaban J connectivity index is 0.00000242. The molecule has 0 atom stereocenters. The van der Waals surface area contributed by atoms with E-state index in [0.717, 1.165) is 13.0 Å². The summed E-state index contributed by atoms with van der Waals surface area (Å²) in [6, 6.07) is 11.8. The van der Waals surface area contributed by atoms with Crippen LogP contribution < -0.4 is 16.0 Å². The van der Waals surface area contributed by atoms with Gasteiger partial charge in [0.05, 0.1) is 12.1 Å². The molecule has 0 aliphatic heterocycles. The molecule has 0 saturated heterocycles. The molecule has 1 amide bonds. The summed E-state index contributed by atoms with van der Waals surface area (Å²) in [6.07, 6.45) is 2.31. The number of hydrogen-bond acceptors (Lipinski definition) is 4. The Hall–Kier alpha value is -1.69. The summed E-state index contributed by atoms with van der Waals surface area (Å²) in [5.74, 6) is 0.491. The fourth-order valence-electron chi connectivity index (χ4n) is 2.04. The average Bonchev–Trinajstić information content (AvgIpc) is 3.01. The predicted octanol–water partition coefficient (Wildman–Crippen LogP) is 2.84. The van der Waals surface area contributed by atoms with Gasteiger partial charge in [0, 0.05) is 25.8 Å². The van der Waals surface area contributed by atoms with E-state index in [1.165, 1.54) is 12.0 Å². The van der Waals surface area contributed by atoms with Gasteiger partial charge < -0.3 is 20.4 Å². The number of nitrogens with two attached hydrogens (primary N) is 1. The van der Waals surface area contributed by atoms with Gasteiger partial charge in [0.15, 0.2) is 0 Å². The third-order valence-corrected chi connectivity index (χ3v) is 3.27. The van der Waals surface area contributed by atoms with Crippen molar-refractivity contribution in [3.63, 3.8) is 0 Å². The second kappa shape index (κ2) is 10.9. The van der Waals surface area contributed by atoms with Gasteiger partial charge in [-0.15, -0.1) is 24.8 Å². The van der Waals surface area contributed by atoms with Gasteiger partial charge in [-0.05, 0) is 24.6 Å². The molecule has 0 unspecified atom stereocenters. The van der Waals surface area contributed by atoms with Crippen LogP contribution in [0.25, 0.3) is 0 Å². The number of halogens is 2. The number of amides is 1. The highest BCUT2D eigenvalue weighted by Gasteiger charge is 2.09. The molecular formula is C16H23Cl2N3O2. The number of anilines is 1. The Morgan fingerprint density at radius 2 is 1.96 bits per heavy atom. The number of carbonyl (C=O) groups excluding carboxylic acids is 1. The number of nitrogens with zero attached hydrogens (tertiary/aromatic N) is 1. The molecule has 2 aromatic rings. The summed E-state index contributed by atoms with van der Waals surface area (Å²) in [5.41, 5.74) is 7.14. The number of benzene rings is 1. The summed E-state index contributed by atoms with van der Waals surface area (Å²) in [6.45, 7) is 1.80. The molecule has 23 heavy (non-hydrogen) atoms. The molecule has 0 bridgehead atoms. The standard InChI is InChI=1S/C16H21N3O2.2ClH/c1-19(14-6-3-2-4-7-14)9-5-8-18-16(20)13-10-15(11-17)21-12-13;;/h2-4,6-7,10,12H,5,8-9,11,17H2,1H3,(H,18,20);2*1H. The number of carbonyl (C=O) groups is 1. The molecule has 1 heterocycles. The van der Waals surface area contributed by atoms with E-state index in [9.17, 15) is 4.79 Å². The number of para-hydroxylation sites is 1. The summed E-state index contributed by atoms with van der Waals surface area (Å²) in [5, 5.41) is 2.88. The van der Waals surface area contributed by atoms with Gasteiger partial charge in [-0.3, -0.25) is 4.79 Å². The maximum Gasteiger partial charge on any atom is 0.254 e. The zero-order valence-corrected chi connectivity index (χ0v) is 14.7. The van der Waals surface area contributed by atoms with E-state index >= 15 is 0 Å². The monoisotopic (exact) mass is 359 g/mol. The van der Waals surface area contributed by atoms with Crippen molar-refractivity contribution >= 4 is 36.4 Å². The van der Waals surface area contributed by atoms with Crippen molar-refractivity contribution < 1.29 is 9.21 Å². The van der Waals surface area contributed by atoms with Gasteiger partial charge in [-0.2, -0.15) is 0 Å². The van der Waals surface area contributed by atoms with Crippen molar-refractivity contribution in [3.8, 4) is 0 Å². The molecule has 1 aromatic carbocycles. The molecule has 0 radical (unpaired) electrons. The average molecular weight is 360 g/mol. The van der Waals surface area contributed by atoms with Crippen molar-refractivity contribution in [1.29, 1.82) is 0 Å². The lowest BCUT2D eigenvalue weighted by atomic mass is 10.2. The smallest absolute Gasteiger partial charge is 0.254 e. The maximum absolute atomic E-state index is 11.9. The van der Waals surface area contributed by atoms with Crippen molar-refractivity contribution in [2.75, 3.05) is 25.0 Å². The lowest BCUT2D eigenvalue weighted by molar-refractivity contribution is 0.0953. The fraction of sp³-hybridized carbons (Fsp3) is 0.312. The van der Waals surface area contributed by atoms with E-state index in [4.69, 9.17) is 10.2 Å². The van der Waals surface area contributed by atoms with Gasteiger partial charge in [0.2, 0.25) is 0 Å². The number of furan rings is 1. The lowest BCUT2D eigenvalue weighted by Crippen LogP contribution is -2.27. The predicted molar refractivity (Wildman–Crippen MR) is 97.8 cm³/mol. The zero-order valence-electron chi connectivity index (χ0n) is 13.0. The van der Waals surface area contributed by atoms with Crippen LogP contribution in [0.2, 0.25) is 0 Å². The number of hydrogen-bond donors (Lipinski definition) is 2. The third-order valence-electron chi connectivity index (χ3n) is 3.27. The highest BCUT2D eigenvalue weighted by atomic mass is 35.5. The minimum Gasteiger partial charge on any atom is -0.467 e. The molecule has 5 nitrogen and oxygen atoms in total. The van der Waals surface area contributed by atoms with Gasteiger partial charge in [-0.25, -0.2) is 0 Å². The van der Waals surface area contributed by atoms with Crippen LogP contribution in [0.5, 0.6) is 0 Å². The second-order valence-electron chi connectivity index (χ2n) is 4.87. The maximum atomic E-state index is 11.9. The van der Waals surface area contributed by atoms with E-state index in [0.29, 0.717) is 24.4 Å². The molecule has 0 fully saturated rings. The van der Waals surface area contributed by atoms with Gasteiger partial charge >= 0.3 is 0 Å². The number of nitrogens with one attached hydrogen (secondary N) is 1. The van der Waals surface area contributed by atoms with Crippen molar-refractivity contribution in [1.82, 2.24) is 5.32 Å². The summed E-state index contributed by atoms with van der Waals surface area (Å²) >= 11 is 0. The number of rotatable bonds is 7. The fourth-order valence-corrected chi connectivity index (χ4v) is 2.04. The van der Waals surface area contributed by atoms with Gasteiger partial charge in [0.1, 0.15) is 12.0 Å². The van der Waals surface area contributed by atoms with Gasteiger partial charge in [0.25, 0.3) is 5.91 Å². The Kier molecular flexibility index (Phi) is 10.1. The van der Waals surface area contributed by atoms with Crippen molar-refractivity contribution in [3.05, 3.63) is 54.0 Å². The molecule has 0 aliphatic rings. The van der Waals surface area contributed by atoms with Crippen LogP contribution in [-0.2, 0) is 6.54 Å². The third kappa shape index (κ3) is 6.52. The first-order chi connectivity index (χ1) is 10.2. The Labute approximate surface area is 149 Å². The van der Waals surface area contributed by atoms with Crippen LogP contribution in [0.4, 0.5) is 5.69 Å². The Morgan fingerprint density at radius 1 is 1.26 bits per heavy atom. The molecular weight excluding hydrogens is 337 g/mol. The van der Waals surface area contributed by atoms with Crippen LogP contribution >= 0.6 is 24.8 Å². The Morgan fingerprint density at radius 3 is 2.57 bits per heavy atom. The van der Waals surface area contributed by atoms with Crippen molar-refractivity contribution in [2.45, 2.75) is 13.0 Å². The molecule has 0 aliphatic carbocycles. The highest BCUT2D eigenvalue weighted by molar-refractivity contribution is 5.93. The molecule has 3 N–H and O–H groups in total. The summed E-state index contributed by atoms with van der Waals surface area (Å²) < 4.78 is 5.14.